The van der Waals surface area contributed by atoms with Gasteiger partial charge in [-0.15, -0.1) is 0 Å². The molecule has 5 rings (SSSR count). The van der Waals surface area contributed by atoms with Gasteiger partial charge >= 0.3 is 0 Å². The van der Waals surface area contributed by atoms with E-state index in [0.717, 1.165) is 5.56 Å². The number of aliphatic hydroxyl groups is 1. The number of anilines is 2. The van der Waals surface area contributed by atoms with Crippen LogP contribution < -0.4 is 16.0 Å². The molecule has 0 radical (unpaired) electrons. The van der Waals surface area contributed by atoms with Gasteiger partial charge in [0.25, 0.3) is 0 Å². The highest BCUT2D eigenvalue weighted by Gasteiger charge is 2.69. The number of carbonyl (C=O) groups is 5. The topological polar surface area (TPSA) is 170 Å². The molecule has 2 saturated carbocycles. The molecule has 0 aliphatic heterocycles. The Hall–Kier alpha value is -4.09. The van der Waals surface area contributed by atoms with Crippen LogP contribution in [0.4, 0.5) is 11.4 Å². The van der Waals surface area contributed by atoms with Gasteiger partial charge in [0.2, 0.25) is 5.91 Å². The molecule has 6 atom stereocenters. The van der Waals surface area contributed by atoms with Crippen molar-refractivity contribution in [2.45, 2.75) is 50.8 Å². The number of phenolic OH excluding ortho intramolecular Hbond substituents is 1. The number of hydrogen-bond acceptors (Lipinski definition) is 10. The monoisotopic (exact) mass is 604 g/mol. The number of likely N-dealkylation sites (N-methyl/N-ethyl adjacent to an activating group) is 1. The number of amides is 1. The number of phenols is 1. The number of Topliss-reactive ketones (excluding diaryl/α,β-unsaturated/α-hetero) is 4. The first-order valence-corrected chi connectivity index (χ1v) is 14.8. The van der Waals surface area contributed by atoms with Gasteiger partial charge in [0.1, 0.15) is 5.75 Å². The van der Waals surface area contributed by atoms with Crippen molar-refractivity contribution in [2.24, 2.45) is 29.4 Å². The summed E-state index contributed by atoms with van der Waals surface area (Å²) in [5, 5.41) is 26.5. The van der Waals surface area contributed by atoms with E-state index in [1.165, 1.54) is 10.5 Å². The first-order valence-electron chi connectivity index (χ1n) is 14.8. The Kier molecular flexibility index (Phi) is 7.92. The normalized spacial score (nSPS) is 28.1. The predicted molar refractivity (Wildman–Crippen MR) is 164 cm³/mol. The van der Waals surface area contributed by atoms with Crippen LogP contribution in [0.5, 0.6) is 5.75 Å². The van der Waals surface area contributed by atoms with Gasteiger partial charge in [0, 0.05) is 32.2 Å². The van der Waals surface area contributed by atoms with Crippen LogP contribution in [0.15, 0.2) is 30.3 Å². The van der Waals surface area contributed by atoms with Crippen LogP contribution in [0.2, 0.25) is 0 Å². The van der Waals surface area contributed by atoms with Crippen molar-refractivity contribution < 1.29 is 34.2 Å². The molecule has 1 amide bonds. The average molecular weight is 605 g/mol. The zero-order chi connectivity index (χ0) is 32.4. The van der Waals surface area contributed by atoms with Gasteiger partial charge in [-0.3, -0.25) is 28.9 Å². The molecule has 0 spiro atoms. The van der Waals surface area contributed by atoms with Crippen molar-refractivity contribution in [3.05, 3.63) is 52.6 Å². The summed E-state index contributed by atoms with van der Waals surface area (Å²) in [6.07, 6.45) is 0.202. The van der Waals surface area contributed by atoms with Crippen LogP contribution in [-0.4, -0.2) is 84.0 Å². The highest BCUT2D eigenvalue weighted by atomic mass is 16.3. The minimum absolute atomic E-state index is 0.00387. The summed E-state index contributed by atoms with van der Waals surface area (Å²) in [4.78, 5) is 70.6. The number of nitrogens with one attached hydrogen (secondary N) is 1. The summed E-state index contributed by atoms with van der Waals surface area (Å²) < 4.78 is 0. The molecule has 11 nitrogen and oxygen atoms in total. The Balaban J connectivity index is 1.56. The molecule has 5 N–H and O–H groups in total. The fourth-order valence-corrected chi connectivity index (χ4v) is 7.40. The predicted octanol–water partition coefficient (Wildman–Crippen LogP) is 1.67. The van der Waals surface area contributed by atoms with Crippen molar-refractivity contribution in [3.8, 4) is 5.75 Å². The summed E-state index contributed by atoms with van der Waals surface area (Å²) in [6.45, 7) is 4.58. The number of aromatic hydroxyl groups is 1. The Morgan fingerprint density at radius 3 is 2.25 bits per heavy atom. The van der Waals surface area contributed by atoms with Crippen molar-refractivity contribution >= 4 is 40.4 Å². The molecule has 0 heterocycles. The van der Waals surface area contributed by atoms with E-state index < -0.39 is 64.4 Å². The molecule has 2 aromatic carbocycles. The van der Waals surface area contributed by atoms with Gasteiger partial charge in [-0.2, -0.15) is 0 Å². The van der Waals surface area contributed by atoms with Crippen LogP contribution in [-0.2, 0) is 32.1 Å². The molecule has 3 aliphatic rings. The maximum absolute atomic E-state index is 14.2. The Morgan fingerprint density at radius 1 is 1.07 bits per heavy atom. The minimum atomic E-state index is -2.76. The lowest BCUT2D eigenvalue weighted by Gasteiger charge is -2.52. The summed E-state index contributed by atoms with van der Waals surface area (Å²) >= 11 is 0. The molecule has 44 heavy (non-hydrogen) atoms. The van der Waals surface area contributed by atoms with E-state index in [0.29, 0.717) is 29.4 Å². The van der Waals surface area contributed by atoms with Gasteiger partial charge in [-0.25, -0.2) is 0 Å². The molecule has 2 unspecified atom stereocenters. The highest BCUT2D eigenvalue weighted by molar-refractivity contribution is 6.32. The molecule has 234 valence electrons. The smallest absolute Gasteiger partial charge is 0.235 e. The standard InChI is InChI=1S/C33H40N4O7/c1-15(2)17-9-7-16(8-10-17)14-35-21-13-22(36(3)4)19-11-18-12-20-26(37(5)6)29(40)25(32(34)43)31(42)33(20,44)30(41)23(18)28(39)24(19)27(21)38/h7-10,13,15,18,20,23,25-26,35,38,44H,11-12,14H2,1-6H3,(H2,34,43)/t18-,20-,23?,25?,26-,33-/m1/s1. The lowest BCUT2D eigenvalue weighted by Crippen LogP contribution is -2.74. The first-order chi connectivity index (χ1) is 20.6. The second kappa shape index (κ2) is 11.1. The second-order valence-electron chi connectivity index (χ2n) is 13.1. The zero-order valence-corrected chi connectivity index (χ0v) is 25.9. The van der Waals surface area contributed by atoms with Crippen molar-refractivity contribution in [1.82, 2.24) is 4.90 Å². The van der Waals surface area contributed by atoms with Gasteiger partial charge in [-0.05, 0) is 61.5 Å². The van der Waals surface area contributed by atoms with Gasteiger partial charge in [-0.1, -0.05) is 38.1 Å². The molecular weight excluding hydrogens is 564 g/mol. The van der Waals surface area contributed by atoms with E-state index >= 15 is 0 Å². The number of nitrogens with zero attached hydrogens (tertiary/aromatic N) is 2. The summed E-state index contributed by atoms with van der Waals surface area (Å²) in [5.74, 6) is -10.3. The number of ketones is 4. The summed E-state index contributed by atoms with van der Waals surface area (Å²) in [6, 6.07) is 8.69. The lowest BCUT2D eigenvalue weighted by molar-refractivity contribution is -0.181. The average Bonchev–Trinajstić information content (AvgIpc) is 2.94. The quantitative estimate of drug-likeness (QED) is 0.269. The fourth-order valence-electron chi connectivity index (χ4n) is 7.40. The Bertz CT molecular complexity index is 1560. The van der Waals surface area contributed by atoms with E-state index in [1.54, 1.807) is 20.2 Å². The summed E-state index contributed by atoms with van der Waals surface area (Å²) in [5.41, 5.74) is 6.28. The molecule has 2 fully saturated rings. The largest absolute Gasteiger partial charge is 0.505 e. The lowest BCUT2D eigenvalue weighted by atomic mass is 9.52. The number of hydrogen-bond donors (Lipinski definition) is 4. The zero-order valence-electron chi connectivity index (χ0n) is 25.9. The summed E-state index contributed by atoms with van der Waals surface area (Å²) in [7, 11) is 6.74. The first kappa shape index (κ1) is 31.3. The van der Waals surface area contributed by atoms with E-state index in [9.17, 15) is 34.2 Å². The van der Waals surface area contributed by atoms with E-state index in [2.05, 4.69) is 19.2 Å². The number of benzene rings is 2. The van der Waals surface area contributed by atoms with Crippen LogP contribution in [0.1, 0.15) is 53.2 Å². The number of fused-ring (bicyclic) bond motifs is 3. The SMILES string of the molecule is CC(C)c1ccc(CNc2cc(N(C)C)c3c(c2O)C(=O)C2C(=O)[C@@]4(O)C(=O)C(C(N)=O)C(=O)[C@H](N(C)C)[C@H]4C[C@H]2C3)cc1. The van der Waals surface area contributed by atoms with Crippen molar-refractivity contribution in [2.75, 3.05) is 38.4 Å². The van der Waals surface area contributed by atoms with Crippen LogP contribution in [0.25, 0.3) is 0 Å². The third kappa shape index (κ3) is 4.69. The Labute approximate surface area is 256 Å². The fraction of sp³-hybridized carbons (Fsp3) is 0.485. The van der Waals surface area contributed by atoms with Crippen LogP contribution in [0, 0.1) is 23.7 Å². The Morgan fingerprint density at radius 2 is 1.70 bits per heavy atom. The third-order valence-electron chi connectivity index (χ3n) is 9.65. The maximum atomic E-state index is 14.2. The van der Waals surface area contributed by atoms with Crippen LogP contribution in [0.3, 0.4) is 0 Å². The molecule has 0 bridgehead atoms. The molecule has 0 aromatic heterocycles. The molecular formula is C33H40N4O7. The van der Waals surface area contributed by atoms with E-state index in [1.807, 2.05) is 43.3 Å². The number of primary amides is 1. The van der Waals surface area contributed by atoms with Gasteiger partial charge in [0.05, 0.1) is 23.2 Å². The molecule has 3 aliphatic carbocycles. The molecule has 2 aromatic rings. The van der Waals surface area contributed by atoms with E-state index in [4.69, 9.17) is 5.73 Å². The van der Waals surface area contributed by atoms with Crippen molar-refractivity contribution in [3.63, 3.8) is 0 Å². The number of rotatable bonds is 7. The second-order valence-corrected chi connectivity index (χ2v) is 13.1. The molecule has 11 heteroatoms. The van der Waals surface area contributed by atoms with Crippen LogP contribution >= 0.6 is 0 Å². The number of nitrogens with two attached hydrogens (primary N) is 1. The van der Waals surface area contributed by atoms with Crippen molar-refractivity contribution in [1.29, 1.82) is 0 Å². The highest BCUT2D eigenvalue weighted by Crippen LogP contribution is 2.52. The van der Waals surface area contributed by atoms with Gasteiger partial charge < -0.3 is 26.2 Å². The third-order valence-corrected chi connectivity index (χ3v) is 9.65. The van der Waals surface area contributed by atoms with Gasteiger partial charge in [0.15, 0.2) is 34.7 Å². The number of carbonyl (C=O) groups excluding carboxylic acids is 5. The molecule has 0 saturated heterocycles. The van der Waals surface area contributed by atoms with E-state index in [-0.39, 0.29) is 24.2 Å². The maximum Gasteiger partial charge on any atom is 0.235 e. The minimum Gasteiger partial charge on any atom is -0.505 e.